The standard InChI is InChI=1S/C38H47ClN2O10S/c1-24(2)20-48-36(44)51-34(42)21-47-32-8-6-16-50-37(3,4)35(43)40-52(45,46)28-11-14-33-31(18-28)41(19-26-9-12-29(26)32)22-38(23-49-33)15-5-7-25-17-27(39)10-13-30(25)38/h6,8,10-11,13-14,17-18,24,26,29,32H,5,7,9,12,15-16,19-23H2,1-4H3,(H,40,43)/b8-6+/t26-,29+,32-,38-/m0/s1. The molecule has 1 saturated carbocycles. The van der Waals surface area contributed by atoms with E-state index in [-0.39, 0.29) is 35.9 Å². The van der Waals surface area contributed by atoms with Gasteiger partial charge in [0.15, 0.2) is 0 Å². The van der Waals surface area contributed by atoms with E-state index in [1.54, 1.807) is 24.3 Å². The first-order valence-corrected chi connectivity index (χ1v) is 19.7. The van der Waals surface area contributed by atoms with Gasteiger partial charge in [-0.05, 0) is 105 Å². The molecule has 52 heavy (non-hydrogen) atoms. The number of amides is 1. The lowest BCUT2D eigenvalue weighted by Gasteiger charge is -2.46. The van der Waals surface area contributed by atoms with Gasteiger partial charge in [-0.2, -0.15) is 0 Å². The topological polar surface area (TPSA) is 147 Å². The third-order valence-corrected chi connectivity index (χ3v) is 12.0. The minimum atomic E-state index is -4.27. The van der Waals surface area contributed by atoms with Crippen LogP contribution in [0.3, 0.4) is 0 Å². The summed E-state index contributed by atoms with van der Waals surface area (Å²) in [7, 11) is -4.27. The molecule has 0 saturated heterocycles. The first kappa shape index (κ1) is 38.1. The second-order valence-corrected chi connectivity index (χ2v) is 17.2. The molecular weight excluding hydrogens is 712 g/mol. The summed E-state index contributed by atoms with van der Waals surface area (Å²) in [6.07, 6.45) is 6.25. The quantitative estimate of drug-likeness (QED) is 0.227. The van der Waals surface area contributed by atoms with Crippen molar-refractivity contribution in [2.24, 2.45) is 17.8 Å². The Balaban J connectivity index is 1.34. The number of halogens is 1. The van der Waals surface area contributed by atoms with Crippen molar-refractivity contribution in [2.75, 3.05) is 44.4 Å². The zero-order chi connectivity index (χ0) is 37.3. The van der Waals surface area contributed by atoms with Crippen molar-refractivity contribution in [3.05, 3.63) is 64.7 Å². The van der Waals surface area contributed by atoms with Crippen LogP contribution in [0.4, 0.5) is 10.5 Å². The molecule has 282 valence electrons. The van der Waals surface area contributed by atoms with E-state index in [1.165, 1.54) is 31.0 Å². The number of aryl methyl sites for hydroxylation is 1. The van der Waals surface area contributed by atoms with Gasteiger partial charge < -0.3 is 28.6 Å². The molecular formula is C38H47ClN2O10S. The first-order valence-electron chi connectivity index (χ1n) is 17.8. The maximum Gasteiger partial charge on any atom is 0.516 e. The van der Waals surface area contributed by atoms with E-state index in [2.05, 4.69) is 15.7 Å². The monoisotopic (exact) mass is 758 g/mol. The Morgan fingerprint density at radius 3 is 2.69 bits per heavy atom. The molecule has 0 unspecified atom stereocenters. The molecule has 1 fully saturated rings. The summed E-state index contributed by atoms with van der Waals surface area (Å²) in [4.78, 5) is 40.0. The highest BCUT2D eigenvalue weighted by Gasteiger charge is 2.45. The van der Waals surface area contributed by atoms with Crippen LogP contribution >= 0.6 is 11.6 Å². The predicted molar refractivity (Wildman–Crippen MR) is 193 cm³/mol. The Morgan fingerprint density at radius 2 is 1.94 bits per heavy atom. The van der Waals surface area contributed by atoms with E-state index in [0.717, 1.165) is 32.1 Å². The summed E-state index contributed by atoms with van der Waals surface area (Å²) in [5.74, 6) is -1.02. The summed E-state index contributed by atoms with van der Waals surface area (Å²) < 4.78 is 57.7. The van der Waals surface area contributed by atoms with Gasteiger partial charge in [0.05, 0.1) is 36.5 Å². The van der Waals surface area contributed by atoms with Gasteiger partial charge in [-0.1, -0.05) is 43.7 Å². The van der Waals surface area contributed by atoms with Crippen LogP contribution in [0.5, 0.6) is 5.75 Å². The molecule has 2 bridgehead atoms. The zero-order valence-corrected chi connectivity index (χ0v) is 31.6. The van der Waals surface area contributed by atoms with Gasteiger partial charge in [0.2, 0.25) is 0 Å². The fraction of sp³-hybridized carbons (Fsp3) is 0.553. The van der Waals surface area contributed by atoms with Crippen molar-refractivity contribution in [3.63, 3.8) is 0 Å². The van der Waals surface area contributed by atoms with Crippen molar-refractivity contribution < 1.29 is 46.5 Å². The maximum atomic E-state index is 13.6. The van der Waals surface area contributed by atoms with E-state index in [1.807, 2.05) is 26.0 Å². The van der Waals surface area contributed by atoms with Crippen molar-refractivity contribution in [1.82, 2.24) is 4.72 Å². The maximum absolute atomic E-state index is 13.6. The van der Waals surface area contributed by atoms with Crippen molar-refractivity contribution >= 4 is 45.3 Å². The molecule has 1 amide bonds. The number of nitrogens with one attached hydrogen (secondary N) is 1. The largest absolute Gasteiger partial charge is 0.516 e. The summed E-state index contributed by atoms with van der Waals surface area (Å²) in [6, 6.07) is 10.7. The molecule has 2 aliphatic carbocycles. The van der Waals surface area contributed by atoms with Crippen molar-refractivity contribution in [1.29, 1.82) is 0 Å². The molecule has 1 spiro atoms. The molecule has 2 aromatic carbocycles. The summed E-state index contributed by atoms with van der Waals surface area (Å²) >= 11 is 6.42. The van der Waals surface area contributed by atoms with Gasteiger partial charge >= 0.3 is 12.1 Å². The number of anilines is 1. The van der Waals surface area contributed by atoms with E-state index < -0.39 is 51.8 Å². The molecule has 4 atom stereocenters. The smallest absolute Gasteiger partial charge is 0.490 e. The van der Waals surface area contributed by atoms with E-state index in [4.69, 9.17) is 35.3 Å². The van der Waals surface area contributed by atoms with Gasteiger partial charge in [-0.25, -0.2) is 22.7 Å². The second kappa shape index (κ2) is 15.4. The number of ether oxygens (including phenoxy) is 5. The Kier molecular flexibility index (Phi) is 11.3. The number of hydrogen-bond acceptors (Lipinski definition) is 11. The van der Waals surface area contributed by atoms with E-state index in [0.29, 0.717) is 36.2 Å². The third-order valence-electron chi connectivity index (χ3n) is 10.4. The van der Waals surface area contributed by atoms with Gasteiger partial charge in [0.1, 0.15) is 18.0 Å². The van der Waals surface area contributed by atoms with Crippen molar-refractivity contribution in [2.45, 2.75) is 81.8 Å². The lowest BCUT2D eigenvalue weighted by atomic mass is 9.68. The normalized spacial score (nSPS) is 27.2. The number of carbonyl (C=O) groups excluding carboxylic acids is 3. The summed E-state index contributed by atoms with van der Waals surface area (Å²) in [6.45, 7) is 7.82. The average molecular weight is 759 g/mol. The van der Waals surface area contributed by atoms with Crippen LogP contribution in [0, 0.1) is 17.8 Å². The first-order chi connectivity index (χ1) is 24.7. The van der Waals surface area contributed by atoms with Gasteiger partial charge in [0.25, 0.3) is 15.9 Å². The Bertz CT molecular complexity index is 1830. The molecule has 0 aromatic heterocycles. The van der Waals surface area contributed by atoms with Crippen LogP contribution < -0.4 is 14.4 Å². The molecule has 2 heterocycles. The summed E-state index contributed by atoms with van der Waals surface area (Å²) in [5, 5.41) is 0.678. The Hall–Kier alpha value is -3.65. The van der Waals surface area contributed by atoms with Crippen LogP contribution in [0.25, 0.3) is 0 Å². The zero-order valence-electron chi connectivity index (χ0n) is 30.0. The second-order valence-electron chi connectivity index (χ2n) is 15.1. The van der Waals surface area contributed by atoms with E-state index in [9.17, 15) is 22.8 Å². The minimum Gasteiger partial charge on any atom is -0.490 e. The number of hydrogen-bond donors (Lipinski definition) is 1. The summed E-state index contributed by atoms with van der Waals surface area (Å²) in [5.41, 5.74) is 1.06. The number of esters is 1. The number of nitrogens with zero attached hydrogens (tertiary/aromatic N) is 1. The fourth-order valence-corrected chi connectivity index (χ4v) is 8.80. The number of benzene rings is 2. The fourth-order valence-electron chi connectivity index (χ4n) is 7.49. The Morgan fingerprint density at radius 1 is 1.13 bits per heavy atom. The SMILES string of the molecule is CC(C)COC(=O)OC(=O)CO[C@H]1/C=C/COC(C)(C)C(=O)NS(=O)(=O)c2ccc3c(c2)N(C[C@@H]2CC[C@H]21)C[C@@]1(CCCc2cc(Cl)ccc21)CO3. The van der Waals surface area contributed by atoms with E-state index >= 15 is 0 Å². The van der Waals surface area contributed by atoms with Gasteiger partial charge in [0, 0.05) is 23.5 Å². The highest BCUT2D eigenvalue weighted by molar-refractivity contribution is 7.90. The van der Waals surface area contributed by atoms with Crippen LogP contribution in [0.15, 0.2) is 53.4 Å². The predicted octanol–water partition coefficient (Wildman–Crippen LogP) is 5.73. The molecule has 14 heteroatoms. The number of fused-ring (bicyclic) bond motifs is 4. The molecule has 4 aliphatic rings. The third kappa shape index (κ3) is 8.43. The highest BCUT2D eigenvalue weighted by atomic mass is 35.5. The van der Waals surface area contributed by atoms with Crippen molar-refractivity contribution in [3.8, 4) is 5.75 Å². The molecule has 0 radical (unpaired) electrons. The minimum absolute atomic E-state index is 0.0298. The molecule has 2 aromatic rings. The molecule has 2 aliphatic heterocycles. The van der Waals surface area contributed by atoms with Crippen LogP contribution in [0.2, 0.25) is 5.02 Å². The highest BCUT2D eigenvalue weighted by Crippen LogP contribution is 2.47. The lowest BCUT2D eigenvalue weighted by molar-refractivity contribution is -0.148. The molecule has 12 nitrogen and oxygen atoms in total. The number of rotatable bonds is 5. The molecule has 1 N–H and O–H groups in total. The van der Waals surface area contributed by atoms with Gasteiger partial charge in [-0.15, -0.1) is 0 Å². The van der Waals surface area contributed by atoms with Gasteiger partial charge in [-0.3, -0.25) is 4.79 Å². The van der Waals surface area contributed by atoms with Crippen LogP contribution in [-0.4, -0.2) is 77.7 Å². The lowest BCUT2D eigenvalue weighted by Crippen LogP contribution is -2.50. The molecule has 6 rings (SSSR count). The Labute approximate surface area is 310 Å². The van der Waals surface area contributed by atoms with Crippen LogP contribution in [0.1, 0.15) is 64.5 Å². The number of carbonyl (C=O) groups is 3. The average Bonchev–Trinajstić information content (AvgIpc) is 3.22. The van der Waals surface area contributed by atoms with Crippen LogP contribution in [-0.2, 0) is 50.4 Å². The number of sulfonamides is 1.